The molecule has 0 heterocycles. The van der Waals surface area contributed by atoms with Crippen LogP contribution in [0.4, 0.5) is 11.4 Å². The van der Waals surface area contributed by atoms with Gasteiger partial charge < -0.3 is 11.1 Å². The Morgan fingerprint density at radius 3 is 2.68 bits per heavy atom. The second-order valence-electron chi connectivity index (χ2n) is 4.71. The normalized spacial score (nSPS) is 16.5. The predicted molar refractivity (Wildman–Crippen MR) is 74.8 cm³/mol. The third kappa shape index (κ3) is 2.62. The van der Waals surface area contributed by atoms with Gasteiger partial charge in [0, 0.05) is 23.2 Å². The molecular formula is C12H14BrN3O3. The van der Waals surface area contributed by atoms with Crippen molar-refractivity contribution in [1.29, 1.82) is 0 Å². The lowest BCUT2D eigenvalue weighted by Gasteiger charge is -2.39. The monoisotopic (exact) mass is 327 g/mol. The van der Waals surface area contributed by atoms with Gasteiger partial charge in [-0.25, -0.2) is 0 Å². The van der Waals surface area contributed by atoms with Crippen molar-refractivity contribution < 1.29 is 9.72 Å². The van der Waals surface area contributed by atoms with Gasteiger partial charge in [-0.1, -0.05) is 6.42 Å². The molecule has 0 radical (unpaired) electrons. The van der Waals surface area contributed by atoms with Gasteiger partial charge in [0.05, 0.1) is 16.0 Å². The van der Waals surface area contributed by atoms with Crippen molar-refractivity contribution in [2.75, 3.05) is 11.9 Å². The van der Waals surface area contributed by atoms with Crippen LogP contribution in [-0.4, -0.2) is 17.4 Å². The van der Waals surface area contributed by atoms with E-state index in [1.807, 2.05) is 0 Å². The highest BCUT2D eigenvalue weighted by atomic mass is 79.9. The third-order valence-corrected chi connectivity index (χ3v) is 4.28. The van der Waals surface area contributed by atoms with Gasteiger partial charge in [-0.2, -0.15) is 0 Å². The number of nitro groups is 1. The first-order chi connectivity index (χ1) is 8.98. The molecule has 0 bridgehead atoms. The summed E-state index contributed by atoms with van der Waals surface area (Å²) in [6.45, 7) is 0.297. The zero-order chi connectivity index (χ0) is 14.0. The molecule has 102 valence electrons. The summed E-state index contributed by atoms with van der Waals surface area (Å²) in [6.07, 6.45) is 2.52. The number of nitrogens with two attached hydrogens (primary N) is 1. The average molecular weight is 328 g/mol. The van der Waals surface area contributed by atoms with Gasteiger partial charge in [-0.05, 0) is 34.8 Å². The van der Waals surface area contributed by atoms with E-state index in [4.69, 9.17) is 5.73 Å². The Morgan fingerprint density at radius 1 is 1.53 bits per heavy atom. The molecule has 1 fully saturated rings. The lowest BCUT2D eigenvalue weighted by molar-refractivity contribution is -0.384. The molecule has 2 rings (SSSR count). The van der Waals surface area contributed by atoms with Crippen LogP contribution in [0.2, 0.25) is 0 Å². The molecule has 0 aliphatic heterocycles. The molecule has 7 heteroatoms. The maximum absolute atomic E-state index is 12.2. The van der Waals surface area contributed by atoms with Gasteiger partial charge in [-0.15, -0.1) is 0 Å². The van der Waals surface area contributed by atoms with E-state index in [-0.39, 0.29) is 11.6 Å². The number of rotatable bonds is 4. The summed E-state index contributed by atoms with van der Waals surface area (Å²) in [5.74, 6) is -0.164. The van der Waals surface area contributed by atoms with E-state index in [9.17, 15) is 14.9 Å². The average Bonchev–Trinajstić information content (AvgIpc) is 2.31. The van der Waals surface area contributed by atoms with Gasteiger partial charge in [-0.3, -0.25) is 14.9 Å². The van der Waals surface area contributed by atoms with Crippen molar-refractivity contribution in [3.05, 3.63) is 32.8 Å². The summed E-state index contributed by atoms with van der Waals surface area (Å²) in [5, 5.41) is 13.5. The van der Waals surface area contributed by atoms with Crippen LogP contribution < -0.4 is 11.1 Å². The van der Waals surface area contributed by atoms with Crippen LogP contribution in [0.5, 0.6) is 0 Å². The van der Waals surface area contributed by atoms with E-state index < -0.39 is 10.3 Å². The highest BCUT2D eigenvalue weighted by molar-refractivity contribution is 9.10. The zero-order valence-corrected chi connectivity index (χ0v) is 11.8. The molecule has 1 aliphatic rings. The van der Waals surface area contributed by atoms with Crippen LogP contribution >= 0.6 is 15.9 Å². The molecule has 0 unspecified atom stereocenters. The van der Waals surface area contributed by atoms with E-state index >= 15 is 0 Å². The summed E-state index contributed by atoms with van der Waals surface area (Å²) in [6, 6.07) is 4.26. The second-order valence-corrected chi connectivity index (χ2v) is 5.57. The first-order valence-corrected chi connectivity index (χ1v) is 6.73. The zero-order valence-electron chi connectivity index (χ0n) is 10.2. The molecule has 0 spiro atoms. The van der Waals surface area contributed by atoms with Crippen LogP contribution in [0.1, 0.15) is 19.3 Å². The molecular weight excluding hydrogens is 314 g/mol. The number of hydrogen-bond acceptors (Lipinski definition) is 4. The summed E-state index contributed by atoms with van der Waals surface area (Å²) in [7, 11) is 0. The quantitative estimate of drug-likeness (QED) is 0.655. The number of amides is 1. The lowest BCUT2D eigenvalue weighted by atomic mass is 9.68. The predicted octanol–water partition coefficient (Wildman–Crippen LogP) is 2.42. The van der Waals surface area contributed by atoms with Crippen molar-refractivity contribution in [2.24, 2.45) is 11.1 Å². The van der Waals surface area contributed by atoms with E-state index in [1.54, 1.807) is 6.07 Å². The number of non-ortho nitro benzene ring substituents is 1. The van der Waals surface area contributed by atoms with Crippen LogP contribution in [0, 0.1) is 15.5 Å². The number of halogens is 1. The molecule has 1 aliphatic carbocycles. The Hall–Kier alpha value is -1.47. The minimum atomic E-state index is -0.510. The maximum Gasteiger partial charge on any atom is 0.271 e. The highest BCUT2D eigenvalue weighted by Crippen LogP contribution is 2.41. The Bertz CT molecular complexity index is 523. The second kappa shape index (κ2) is 5.26. The standard InChI is InChI=1S/C12H14BrN3O3/c13-9-3-2-8(16(18)19)6-10(9)15-11(17)12(7-14)4-1-5-12/h2-3,6H,1,4-5,7,14H2,(H,15,17). The summed E-state index contributed by atoms with van der Waals surface area (Å²) in [4.78, 5) is 22.4. The van der Waals surface area contributed by atoms with Crippen molar-refractivity contribution in [3.63, 3.8) is 0 Å². The Morgan fingerprint density at radius 2 is 2.21 bits per heavy atom. The van der Waals surface area contributed by atoms with Crippen LogP contribution in [0.25, 0.3) is 0 Å². The number of anilines is 1. The number of benzene rings is 1. The van der Waals surface area contributed by atoms with Gasteiger partial charge >= 0.3 is 0 Å². The fourth-order valence-electron chi connectivity index (χ4n) is 2.10. The number of nitrogens with zero attached hydrogens (tertiary/aromatic N) is 1. The van der Waals surface area contributed by atoms with Gasteiger partial charge in [0.25, 0.3) is 5.69 Å². The van der Waals surface area contributed by atoms with E-state index in [0.29, 0.717) is 16.7 Å². The van der Waals surface area contributed by atoms with E-state index in [1.165, 1.54) is 12.1 Å². The number of carbonyl (C=O) groups excluding carboxylic acids is 1. The molecule has 0 saturated heterocycles. The van der Waals surface area contributed by atoms with E-state index in [2.05, 4.69) is 21.2 Å². The molecule has 0 atom stereocenters. The van der Waals surface area contributed by atoms with Crippen molar-refractivity contribution in [1.82, 2.24) is 0 Å². The largest absolute Gasteiger partial charge is 0.329 e. The van der Waals surface area contributed by atoms with Crippen LogP contribution in [-0.2, 0) is 4.79 Å². The number of carbonyl (C=O) groups is 1. The summed E-state index contributed by atoms with van der Waals surface area (Å²) in [5.41, 5.74) is 5.49. The smallest absolute Gasteiger partial charge is 0.271 e. The Balaban J connectivity index is 2.21. The molecule has 0 aromatic heterocycles. The first-order valence-electron chi connectivity index (χ1n) is 5.94. The lowest BCUT2D eigenvalue weighted by Crippen LogP contribution is -2.47. The van der Waals surface area contributed by atoms with Crippen molar-refractivity contribution in [2.45, 2.75) is 19.3 Å². The third-order valence-electron chi connectivity index (χ3n) is 3.59. The maximum atomic E-state index is 12.2. The Kier molecular flexibility index (Phi) is 3.86. The highest BCUT2D eigenvalue weighted by Gasteiger charge is 2.43. The fourth-order valence-corrected chi connectivity index (χ4v) is 2.45. The number of nitrogens with one attached hydrogen (secondary N) is 1. The molecule has 1 aromatic carbocycles. The first kappa shape index (κ1) is 14.0. The van der Waals surface area contributed by atoms with Gasteiger partial charge in [0.15, 0.2) is 0 Å². The SMILES string of the molecule is NCC1(C(=O)Nc2cc([N+](=O)[O-])ccc2Br)CCC1. The fraction of sp³-hybridized carbons (Fsp3) is 0.417. The minimum absolute atomic E-state index is 0.0612. The van der Waals surface area contributed by atoms with Crippen molar-refractivity contribution >= 4 is 33.2 Å². The number of hydrogen-bond donors (Lipinski definition) is 2. The van der Waals surface area contributed by atoms with E-state index in [0.717, 1.165) is 19.3 Å². The Labute approximate surface area is 118 Å². The minimum Gasteiger partial charge on any atom is -0.329 e. The molecule has 1 amide bonds. The van der Waals surface area contributed by atoms with Gasteiger partial charge in [0.2, 0.25) is 5.91 Å². The molecule has 1 aromatic rings. The molecule has 6 nitrogen and oxygen atoms in total. The topological polar surface area (TPSA) is 98.3 Å². The van der Waals surface area contributed by atoms with Crippen LogP contribution in [0.15, 0.2) is 22.7 Å². The van der Waals surface area contributed by atoms with Gasteiger partial charge in [0.1, 0.15) is 0 Å². The van der Waals surface area contributed by atoms with Crippen LogP contribution in [0.3, 0.4) is 0 Å². The molecule has 1 saturated carbocycles. The summed E-state index contributed by atoms with van der Waals surface area (Å²) < 4.78 is 0.609. The molecule has 3 N–H and O–H groups in total. The molecule has 19 heavy (non-hydrogen) atoms. The van der Waals surface area contributed by atoms with Crippen molar-refractivity contribution in [3.8, 4) is 0 Å². The summed E-state index contributed by atoms with van der Waals surface area (Å²) >= 11 is 3.27. The number of nitro benzene ring substituents is 1.